The Balaban J connectivity index is 3.60. The van der Waals surface area contributed by atoms with Gasteiger partial charge in [-0.15, -0.1) is 6.58 Å². The zero-order chi connectivity index (χ0) is 13.8. The molecule has 18 heavy (non-hydrogen) atoms. The molecule has 0 aliphatic rings. The van der Waals surface area contributed by atoms with Crippen LogP contribution in [0.25, 0.3) is 0 Å². The fraction of sp³-hybridized carbons (Fsp3) is 0.812. The van der Waals surface area contributed by atoms with Crippen molar-refractivity contribution in [3.63, 3.8) is 0 Å². The van der Waals surface area contributed by atoms with Crippen LogP contribution in [0.1, 0.15) is 65.7 Å². The molecule has 0 radical (unpaired) electrons. The summed E-state index contributed by atoms with van der Waals surface area (Å²) in [5.74, 6) is 0.518. The molecule has 2 nitrogen and oxygen atoms in total. The summed E-state index contributed by atoms with van der Waals surface area (Å²) in [7, 11) is 0. The average Bonchev–Trinajstić information content (AvgIpc) is 2.38. The van der Waals surface area contributed by atoms with Crippen molar-refractivity contribution in [2.24, 2.45) is 5.92 Å². The van der Waals surface area contributed by atoms with Crippen LogP contribution < -0.4 is 0 Å². The first-order valence-electron chi connectivity index (χ1n) is 7.57. The van der Waals surface area contributed by atoms with Gasteiger partial charge in [-0.2, -0.15) is 0 Å². The Bertz CT molecular complexity index is 221. The maximum atomic E-state index is 12.0. The normalized spacial score (nSPS) is 12.2. The van der Waals surface area contributed by atoms with Gasteiger partial charge in [0.15, 0.2) is 0 Å². The average molecular weight is 253 g/mol. The molecule has 0 bridgehead atoms. The maximum absolute atomic E-state index is 12.0. The number of unbranched alkanes of at least 4 members (excludes halogenated alkanes) is 5. The zero-order valence-corrected chi connectivity index (χ0v) is 12.6. The highest BCUT2D eigenvalue weighted by atomic mass is 16.2. The molecule has 0 aromatic rings. The summed E-state index contributed by atoms with van der Waals surface area (Å²) in [4.78, 5) is 14.0. The molecular weight excluding hydrogens is 222 g/mol. The van der Waals surface area contributed by atoms with Gasteiger partial charge < -0.3 is 4.90 Å². The summed E-state index contributed by atoms with van der Waals surface area (Å²) in [6.07, 6.45) is 10.5. The summed E-state index contributed by atoms with van der Waals surface area (Å²) < 4.78 is 0. The molecule has 0 N–H and O–H groups in total. The van der Waals surface area contributed by atoms with Crippen LogP contribution in [0.15, 0.2) is 12.7 Å². The van der Waals surface area contributed by atoms with E-state index in [2.05, 4.69) is 13.5 Å². The number of rotatable bonds is 11. The van der Waals surface area contributed by atoms with Gasteiger partial charge >= 0.3 is 0 Å². The molecule has 0 aliphatic heterocycles. The summed E-state index contributed by atoms with van der Waals surface area (Å²) in [6.45, 7) is 11.6. The predicted molar refractivity (Wildman–Crippen MR) is 79.6 cm³/mol. The fourth-order valence-electron chi connectivity index (χ4n) is 2.24. The first-order chi connectivity index (χ1) is 8.67. The number of carbonyl (C=O) groups is 1. The van der Waals surface area contributed by atoms with Crippen LogP contribution in [-0.2, 0) is 4.79 Å². The highest BCUT2D eigenvalue weighted by molar-refractivity contribution is 5.78. The smallest absolute Gasteiger partial charge is 0.225 e. The highest BCUT2D eigenvalue weighted by Crippen LogP contribution is 2.14. The molecule has 1 amide bonds. The molecular formula is C16H31NO. The van der Waals surface area contributed by atoms with E-state index in [-0.39, 0.29) is 5.92 Å². The first kappa shape index (κ1) is 17.2. The molecule has 106 valence electrons. The largest absolute Gasteiger partial charge is 0.343 e. The third kappa shape index (κ3) is 7.52. The molecule has 0 rings (SSSR count). The molecule has 0 saturated heterocycles. The topological polar surface area (TPSA) is 20.3 Å². The van der Waals surface area contributed by atoms with Gasteiger partial charge in [0.25, 0.3) is 0 Å². The molecule has 0 heterocycles. The molecule has 0 aliphatic carbocycles. The van der Waals surface area contributed by atoms with E-state index in [1.54, 1.807) is 0 Å². The summed E-state index contributed by atoms with van der Waals surface area (Å²) in [6, 6.07) is 0. The van der Waals surface area contributed by atoms with Crippen LogP contribution >= 0.6 is 0 Å². The van der Waals surface area contributed by atoms with Crippen molar-refractivity contribution in [1.82, 2.24) is 4.90 Å². The van der Waals surface area contributed by atoms with Gasteiger partial charge in [0.05, 0.1) is 0 Å². The molecule has 2 heteroatoms. The Hall–Kier alpha value is -0.790. The van der Waals surface area contributed by atoms with Gasteiger partial charge in [0, 0.05) is 19.0 Å². The minimum absolute atomic E-state index is 0.193. The van der Waals surface area contributed by atoms with E-state index < -0.39 is 0 Å². The molecule has 0 saturated carbocycles. The lowest BCUT2D eigenvalue weighted by molar-refractivity contribution is -0.134. The monoisotopic (exact) mass is 253 g/mol. The van der Waals surface area contributed by atoms with Gasteiger partial charge in [-0.1, -0.05) is 38.7 Å². The Morgan fingerprint density at radius 2 is 1.67 bits per heavy atom. The first-order valence-corrected chi connectivity index (χ1v) is 7.57. The number of hydrogen-bond donors (Lipinski definition) is 0. The summed E-state index contributed by atoms with van der Waals surface area (Å²) >= 11 is 0. The van der Waals surface area contributed by atoms with Crippen molar-refractivity contribution in [1.29, 1.82) is 0 Å². The minimum atomic E-state index is 0.193. The Morgan fingerprint density at radius 1 is 1.11 bits per heavy atom. The highest BCUT2D eigenvalue weighted by Gasteiger charge is 2.17. The lowest BCUT2D eigenvalue weighted by atomic mass is 10.0. The maximum Gasteiger partial charge on any atom is 0.225 e. The quantitative estimate of drug-likeness (QED) is 0.394. The Kier molecular flexibility index (Phi) is 10.8. The van der Waals surface area contributed by atoms with Gasteiger partial charge in [0.1, 0.15) is 0 Å². The standard InChI is InChI=1S/C16H31NO/c1-5-8-9-10-11-12-13-14-15(4)16(18)17(6-2)7-3/h5,15H,1,6-14H2,2-4H3. The van der Waals surface area contributed by atoms with Crippen LogP contribution in [-0.4, -0.2) is 23.9 Å². The minimum Gasteiger partial charge on any atom is -0.343 e. The second kappa shape index (κ2) is 11.3. The van der Waals surface area contributed by atoms with Crippen molar-refractivity contribution in [3.05, 3.63) is 12.7 Å². The molecule has 0 spiro atoms. The number of nitrogens with zero attached hydrogens (tertiary/aromatic N) is 1. The zero-order valence-electron chi connectivity index (χ0n) is 12.6. The molecule has 0 aromatic heterocycles. The third-order valence-electron chi connectivity index (χ3n) is 3.54. The third-order valence-corrected chi connectivity index (χ3v) is 3.54. The Morgan fingerprint density at radius 3 is 2.22 bits per heavy atom. The van der Waals surface area contributed by atoms with Crippen molar-refractivity contribution >= 4 is 5.91 Å². The van der Waals surface area contributed by atoms with E-state index in [1.165, 1.54) is 32.1 Å². The number of amides is 1. The molecule has 1 unspecified atom stereocenters. The summed E-state index contributed by atoms with van der Waals surface area (Å²) in [5.41, 5.74) is 0. The lowest BCUT2D eigenvalue weighted by Crippen LogP contribution is -2.34. The Labute approximate surface area is 113 Å². The van der Waals surface area contributed by atoms with Gasteiger partial charge in [-0.3, -0.25) is 4.79 Å². The van der Waals surface area contributed by atoms with E-state index >= 15 is 0 Å². The van der Waals surface area contributed by atoms with Crippen LogP contribution in [0.2, 0.25) is 0 Å². The summed E-state index contributed by atoms with van der Waals surface area (Å²) in [5, 5.41) is 0. The van der Waals surface area contributed by atoms with Crippen LogP contribution in [0.4, 0.5) is 0 Å². The van der Waals surface area contributed by atoms with E-state index in [0.29, 0.717) is 5.91 Å². The molecule has 1 atom stereocenters. The molecule has 0 fully saturated rings. The van der Waals surface area contributed by atoms with Crippen LogP contribution in [0, 0.1) is 5.92 Å². The van der Waals surface area contributed by atoms with Gasteiger partial charge in [-0.25, -0.2) is 0 Å². The number of carbonyl (C=O) groups excluding carboxylic acids is 1. The predicted octanol–water partition coefficient (Wildman–Crippen LogP) is 4.41. The molecule has 0 aromatic carbocycles. The van der Waals surface area contributed by atoms with E-state index in [0.717, 1.165) is 25.9 Å². The van der Waals surface area contributed by atoms with Gasteiger partial charge in [0.2, 0.25) is 5.91 Å². The van der Waals surface area contributed by atoms with Crippen molar-refractivity contribution in [3.8, 4) is 0 Å². The van der Waals surface area contributed by atoms with Crippen molar-refractivity contribution in [2.45, 2.75) is 65.7 Å². The second-order valence-corrected chi connectivity index (χ2v) is 5.05. The van der Waals surface area contributed by atoms with E-state index in [9.17, 15) is 4.79 Å². The number of allylic oxidation sites excluding steroid dienone is 1. The van der Waals surface area contributed by atoms with Crippen LogP contribution in [0.3, 0.4) is 0 Å². The van der Waals surface area contributed by atoms with Crippen molar-refractivity contribution < 1.29 is 4.79 Å². The SMILES string of the molecule is C=CCCCCCCCC(C)C(=O)N(CC)CC. The lowest BCUT2D eigenvalue weighted by Gasteiger charge is -2.22. The van der Waals surface area contributed by atoms with E-state index in [1.807, 2.05) is 24.8 Å². The second-order valence-electron chi connectivity index (χ2n) is 5.05. The van der Waals surface area contributed by atoms with Gasteiger partial charge in [-0.05, 0) is 33.1 Å². The number of hydrogen-bond acceptors (Lipinski definition) is 1. The van der Waals surface area contributed by atoms with E-state index in [4.69, 9.17) is 0 Å². The van der Waals surface area contributed by atoms with Crippen molar-refractivity contribution in [2.75, 3.05) is 13.1 Å². The fourth-order valence-corrected chi connectivity index (χ4v) is 2.24. The van der Waals surface area contributed by atoms with Crippen LogP contribution in [0.5, 0.6) is 0 Å².